The lowest BCUT2D eigenvalue weighted by Gasteiger charge is -2.12. The third-order valence-electron chi connectivity index (χ3n) is 8.31. The fraction of sp³-hybridized carbons (Fsp3) is 0. The van der Waals surface area contributed by atoms with Crippen molar-refractivity contribution in [1.82, 2.24) is 0 Å². The molecule has 0 atom stereocenters. The molecule has 60 heavy (non-hydrogen) atoms. The number of phenols is 2. The maximum Gasteiger partial charge on any atom is 0.323 e. The normalized spacial score (nSPS) is 12.7. The Morgan fingerprint density at radius 3 is 1.15 bits per heavy atom. The largest absolute Gasteiger partial charge is 0.507 e. The number of hydrogen-bond acceptors (Lipinski definition) is 17. The van der Waals surface area contributed by atoms with Crippen LogP contribution in [0.25, 0.3) is 21.5 Å². The Balaban J connectivity index is 1.29. The molecular formula is C33H26N8O15S4. The highest BCUT2D eigenvalue weighted by Crippen LogP contribution is 2.43. The number of hydrogen-bond donors (Lipinski definition) is 10. The minimum Gasteiger partial charge on any atom is -0.507 e. The van der Waals surface area contributed by atoms with E-state index in [-0.39, 0.29) is 55.7 Å². The van der Waals surface area contributed by atoms with Gasteiger partial charge in [0.05, 0.1) is 22.1 Å². The maximum atomic E-state index is 13.0. The molecule has 6 rings (SSSR count). The van der Waals surface area contributed by atoms with Gasteiger partial charge in [0, 0.05) is 22.1 Å². The van der Waals surface area contributed by atoms with E-state index in [1.54, 1.807) is 0 Å². The van der Waals surface area contributed by atoms with Gasteiger partial charge >= 0.3 is 6.03 Å². The predicted molar refractivity (Wildman–Crippen MR) is 213 cm³/mol. The SMILES string of the molecule is Nc1ccc2c(S(=O)(=O)O)ccc(O)c2c1N=Nc1ccc(NC(=O)Nc2ccc(N=Nc3c(N)ccc4c(S(=O)(=O)O)ccc(O)c34)c(S(=O)(=O)O)c2)cc1S(=O)(=O)O. The van der Waals surface area contributed by atoms with Crippen molar-refractivity contribution >= 4 is 114 Å². The van der Waals surface area contributed by atoms with Gasteiger partial charge in [-0.25, -0.2) is 4.79 Å². The number of amides is 2. The van der Waals surface area contributed by atoms with Gasteiger partial charge in [-0.3, -0.25) is 18.2 Å². The van der Waals surface area contributed by atoms with E-state index in [1.807, 2.05) is 0 Å². The predicted octanol–water partition coefficient (Wildman–Crippen LogP) is 6.03. The zero-order valence-corrected chi connectivity index (χ0v) is 32.8. The Morgan fingerprint density at radius 1 is 0.467 bits per heavy atom. The summed E-state index contributed by atoms with van der Waals surface area (Å²) in [6.45, 7) is 0. The number of carbonyl (C=O) groups is 1. The average Bonchev–Trinajstić information content (AvgIpc) is 3.13. The first kappa shape index (κ1) is 42.7. The van der Waals surface area contributed by atoms with E-state index in [4.69, 9.17) is 11.5 Å². The fourth-order valence-corrected chi connectivity index (χ4v) is 8.40. The Hall–Kier alpha value is -6.85. The second-order valence-electron chi connectivity index (χ2n) is 12.3. The smallest absolute Gasteiger partial charge is 0.323 e. The van der Waals surface area contributed by atoms with Crippen LogP contribution in [0.4, 0.5) is 50.3 Å². The molecule has 0 unspecified atom stereocenters. The van der Waals surface area contributed by atoms with Crippen LogP contribution in [-0.2, 0) is 40.5 Å². The highest BCUT2D eigenvalue weighted by Gasteiger charge is 2.23. The summed E-state index contributed by atoms with van der Waals surface area (Å²) < 4.78 is 136. The molecule has 0 spiro atoms. The van der Waals surface area contributed by atoms with Gasteiger partial charge in [-0.1, -0.05) is 12.1 Å². The number of benzene rings is 6. The summed E-state index contributed by atoms with van der Waals surface area (Å²) >= 11 is 0. The monoisotopic (exact) mass is 902 g/mol. The van der Waals surface area contributed by atoms with Crippen LogP contribution in [0.3, 0.4) is 0 Å². The van der Waals surface area contributed by atoms with Crippen LogP contribution in [-0.4, -0.2) is 68.1 Å². The highest BCUT2D eigenvalue weighted by atomic mass is 32.2. The van der Waals surface area contributed by atoms with Crippen LogP contribution in [0.1, 0.15) is 0 Å². The first-order chi connectivity index (χ1) is 27.8. The molecule has 23 nitrogen and oxygen atoms in total. The van der Waals surface area contributed by atoms with E-state index in [0.29, 0.717) is 0 Å². The van der Waals surface area contributed by atoms with Gasteiger partial charge < -0.3 is 32.3 Å². The summed E-state index contributed by atoms with van der Waals surface area (Å²) in [5.74, 6) is -1.07. The number of azo groups is 2. The second-order valence-corrected chi connectivity index (χ2v) is 17.8. The highest BCUT2D eigenvalue weighted by molar-refractivity contribution is 7.86. The molecule has 12 N–H and O–H groups in total. The van der Waals surface area contributed by atoms with E-state index in [9.17, 15) is 66.9 Å². The third-order valence-corrected chi connectivity index (χ3v) is 11.9. The standard InChI is InChI=1S/C33H26N8O15S4/c34-19-5-3-17-25(57(45,46)47)11-9-23(42)29(17)31(19)40-38-21-7-1-15(13-27(21)59(51,52)53)36-33(44)37-16-2-8-22(28(14-16)60(54,55)56)39-41-32-20(35)6-4-18-26(58(48,49)50)12-10-24(43)30(18)32/h1-14,42-43H,34-35H2,(H2,36,37,44)(H,45,46,47)(H,48,49,50)(H,51,52,53)(H,54,55,56). The van der Waals surface area contributed by atoms with Crippen molar-refractivity contribution in [2.45, 2.75) is 19.6 Å². The Bertz CT molecular complexity index is 3120. The molecule has 0 saturated heterocycles. The Morgan fingerprint density at radius 2 is 0.817 bits per heavy atom. The first-order valence-corrected chi connectivity index (χ1v) is 21.8. The number of nitrogens with two attached hydrogens (primary N) is 2. The summed E-state index contributed by atoms with van der Waals surface area (Å²) in [7, 11) is -19.8. The molecule has 27 heteroatoms. The number of phenolic OH excluding ortho intramolecular Hbond substituents is 2. The number of urea groups is 1. The summed E-state index contributed by atoms with van der Waals surface area (Å²) in [5, 5.41) is 39.8. The molecule has 0 saturated carbocycles. The molecule has 0 heterocycles. The lowest BCUT2D eigenvalue weighted by Crippen LogP contribution is -2.19. The number of nitrogens with zero attached hydrogens (tertiary/aromatic N) is 4. The quantitative estimate of drug-likeness (QED) is 0.0426. The molecular weight excluding hydrogens is 877 g/mol. The van der Waals surface area contributed by atoms with Gasteiger partial charge in [-0.05, 0) is 72.8 Å². The second kappa shape index (κ2) is 15.4. The van der Waals surface area contributed by atoms with E-state index in [0.717, 1.165) is 60.7 Å². The minimum absolute atomic E-state index is 0.169. The molecule has 0 fully saturated rings. The van der Waals surface area contributed by atoms with Crippen LogP contribution < -0.4 is 22.1 Å². The van der Waals surface area contributed by atoms with Gasteiger partial charge in [0.2, 0.25) is 0 Å². The lowest BCUT2D eigenvalue weighted by molar-refractivity contribution is 0.262. The van der Waals surface area contributed by atoms with E-state index in [2.05, 4.69) is 31.1 Å². The Labute approximate surface area is 337 Å². The zero-order chi connectivity index (χ0) is 44.1. The van der Waals surface area contributed by atoms with Gasteiger partial charge in [0.15, 0.2) is 0 Å². The number of rotatable bonds is 10. The molecule has 0 aliphatic carbocycles. The van der Waals surface area contributed by atoms with Crippen molar-refractivity contribution in [1.29, 1.82) is 0 Å². The van der Waals surface area contributed by atoms with Gasteiger partial charge in [-0.2, -0.15) is 33.7 Å². The van der Waals surface area contributed by atoms with Gasteiger partial charge in [0.25, 0.3) is 40.5 Å². The minimum atomic E-state index is -5.11. The molecule has 0 aliphatic rings. The van der Waals surface area contributed by atoms with Crippen LogP contribution in [0.15, 0.2) is 125 Å². The van der Waals surface area contributed by atoms with Crippen LogP contribution >= 0.6 is 0 Å². The molecule has 6 aromatic carbocycles. The molecule has 0 radical (unpaired) electrons. The van der Waals surface area contributed by atoms with Gasteiger partial charge in [0.1, 0.15) is 53.8 Å². The number of anilines is 4. The van der Waals surface area contributed by atoms with E-state index in [1.165, 1.54) is 24.3 Å². The first-order valence-electron chi connectivity index (χ1n) is 16.0. The summed E-state index contributed by atoms with van der Waals surface area (Å²) in [6, 6.07) is 13.0. The van der Waals surface area contributed by atoms with Crippen LogP contribution in [0.2, 0.25) is 0 Å². The Kier molecular flexibility index (Phi) is 11.0. The summed E-state index contributed by atoms with van der Waals surface area (Å²) in [5.41, 5.74) is 9.29. The third kappa shape index (κ3) is 8.76. The van der Waals surface area contributed by atoms with E-state index < -0.39 is 89.0 Å². The number of nitrogen functional groups attached to an aromatic ring is 2. The molecule has 2 amide bonds. The number of aromatic hydroxyl groups is 2. The average molecular weight is 903 g/mol. The van der Waals surface area contributed by atoms with Crippen molar-refractivity contribution in [2.24, 2.45) is 20.5 Å². The number of fused-ring (bicyclic) bond motifs is 2. The molecule has 0 bridgehead atoms. The lowest BCUT2D eigenvalue weighted by atomic mass is 10.1. The summed E-state index contributed by atoms with van der Waals surface area (Å²) in [4.78, 5) is 9.90. The van der Waals surface area contributed by atoms with Crippen molar-refractivity contribution in [3.8, 4) is 11.5 Å². The van der Waals surface area contributed by atoms with Crippen molar-refractivity contribution in [2.75, 3.05) is 22.1 Å². The molecule has 312 valence electrons. The zero-order valence-electron chi connectivity index (χ0n) is 29.5. The molecule has 0 aromatic heterocycles. The van der Waals surface area contributed by atoms with E-state index >= 15 is 0 Å². The van der Waals surface area contributed by atoms with Crippen molar-refractivity contribution in [3.05, 3.63) is 84.9 Å². The van der Waals surface area contributed by atoms with Crippen LogP contribution in [0, 0.1) is 0 Å². The molecule has 6 aromatic rings. The van der Waals surface area contributed by atoms with Gasteiger partial charge in [-0.15, -0.1) is 20.5 Å². The number of nitrogens with one attached hydrogen (secondary N) is 2. The summed E-state index contributed by atoms with van der Waals surface area (Å²) in [6.07, 6.45) is 0. The molecule has 0 aliphatic heterocycles. The van der Waals surface area contributed by atoms with Crippen molar-refractivity contribution < 1.29 is 66.9 Å². The maximum absolute atomic E-state index is 13.0. The van der Waals surface area contributed by atoms with Crippen molar-refractivity contribution in [3.63, 3.8) is 0 Å². The van der Waals surface area contributed by atoms with Crippen LogP contribution in [0.5, 0.6) is 11.5 Å². The fourth-order valence-electron chi connectivity index (χ4n) is 5.73. The topological polar surface area (TPSA) is 401 Å². The number of carbonyl (C=O) groups excluding carboxylic acids is 1.